The quantitative estimate of drug-likeness (QED) is 0.647. The Morgan fingerprint density at radius 2 is 1.95 bits per heavy atom. The van der Waals surface area contributed by atoms with Gasteiger partial charge in [0, 0.05) is 17.2 Å². The molecule has 1 aliphatic heterocycles. The molecule has 0 radical (unpaired) electrons. The van der Waals surface area contributed by atoms with Gasteiger partial charge in [0.2, 0.25) is 0 Å². The summed E-state index contributed by atoms with van der Waals surface area (Å²) in [4.78, 5) is 2.39. The van der Waals surface area contributed by atoms with Crippen LogP contribution in [0.4, 0.5) is 4.39 Å². The molecule has 1 aromatic carbocycles. The summed E-state index contributed by atoms with van der Waals surface area (Å²) >= 11 is 0. The fourth-order valence-corrected chi connectivity index (χ4v) is 3.20. The molecule has 21 heavy (non-hydrogen) atoms. The molecule has 0 aliphatic carbocycles. The van der Waals surface area contributed by atoms with Crippen molar-refractivity contribution in [2.45, 2.75) is 44.7 Å². The molecule has 0 amide bonds. The van der Waals surface area contributed by atoms with Crippen LogP contribution in [0.5, 0.6) is 5.75 Å². The number of piperidine rings is 1. The summed E-state index contributed by atoms with van der Waals surface area (Å²) in [7, 11) is 1.53. The Labute approximate surface area is 126 Å². The number of nitrogens with zero attached hydrogens (tertiary/aromatic N) is 1. The van der Waals surface area contributed by atoms with Crippen molar-refractivity contribution >= 4 is 0 Å². The zero-order valence-corrected chi connectivity index (χ0v) is 13.2. The third kappa shape index (κ3) is 3.36. The summed E-state index contributed by atoms with van der Waals surface area (Å²) in [6.45, 7) is 6.30. The molecular weight excluding hydrogens is 269 g/mol. The number of nitrogens with one attached hydrogen (secondary N) is 1. The van der Waals surface area contributed by atoms with Gasteiger partial charge in [0.1, 0.15) is 11.6 Å². The summed E-state index contributed by atoms with van der Waals surface area (Å²) in [5, 5.41) is 0. The van der Waals surface area contributed by atoms with Crippen molar-refractivity contribution in [3.05, 3.63) is 29.6 Å². The SMILES string of the molecule is COc1ccc(C(NN)C(C)(C)N2CCCCC2)c(F)c1. The molecule has 2 rings (SSSR count). The predicted molar refractivity (Wildman–Crippen MR) is 82.5 cm³/mol. The number of likely N-dealkylation sites (tertiary alicyclic amines) is 1. The molecule has 0 spiro atoms. The topological polar surface area (TPSA) is 50.5 Å². The van der Waals surface area contributed by atoms with Gasteiger partial charge in [-0.05, 0) is 45.8 Å². The lowest BCUT2D eigenvalue weighted by Gasteiger charge is -2.46. The molecule has 1 fully saturated rings. The zero-order valence-electron chi connectivity index (χ0n) is 13.2. The van der Waals surface area contributed by atoms with Crippen LogP contribution in [-0.2, 0) is 0 Å². The lowest BCUT2D eigenvalue weighted by Crippen LogP contribution is -2.55. The Morgan fingerprint density at radius 1 is 1.29 bits per heavy atom. The maximum Gasteiger partial charge on any atom is 0.131 e. The highest BCUT2D eigenvalue weighted by molar-refractivity contribution is 5.32. The number of hydrogen-bond acceptors (Lipinski definition) is 4. The van der Waals surface area contributed by atoms with Crippen molar-refractivity contribution in [2.24, 2.45) is 5.84 Å². The molecule has 1 atom stereocenters. The highest BCUT2D eigenvalue weighted by Crippen LogP contribution is 2.34. The Kier molecular flexibility index (Phi) is 5.19. The second kappa shape index (κ2) is 6.73. The van der Waals surface area contributed by atoms with E-state index in [1.54, 1.807) is 12.1 Å². The molecule has 1 aromatic rings. The van der Waals surface area contributed by atoms with E-state index in [1.165, 1.54) is 32.4 Å². The number of hydrazine groups is 1. The van der Waals surface area contributed by atoms with E-state index in [0.29, 0.717) is 11.3 Å². The normalized spacial score (nSPS) is 18.5. The molecule has 1 heterocycles. The molecular formula is C16H26FN3O. The fourth-order valence-electron chi connectivity index (χ4n) is 3.20. The highest BCUT2D eigenvalue weighted by Gasteiger charge is 2.37. The van der Waals surface area contributed by atoms with Gasteiger partial charge in [0.25, 0.3) is 0 Å². The largest absolute Gasteiger partial charge is 0.497 e. The third-order valence-electron chi connectivity index (χ3n) is 4.56. The Bertz CT molecular complexity index is 473. The van der Waals surface area contributed by atoms with Gasteiger partial charge >= 0.3 is 0 Å². The van der Waals surface area contributed by atoms with E-state index in [-0.39, 0.29) is 17.4 Å². The number of nitrogens with two attached hydrogens (primary N) is 1. The Morgan fingerprint density at radius 3 is 2.48 bits per heavy atom. The van der Waals surface area contributed by atoms with Gasteiger partial charge in [0.15, 0.2) is 0 Å². The maximum absolute atomic E-state index is 14.4. The lowest BCUT2D eigenvalue weighted by molar-refractivity contribution is 0.0596. The van der Waals surface area contributed by atoms with Crippen molar-refractivity contribution < 1.29 is 9.13 Å². The second-order valence-corrected chi connectivity index (χ2v) is 6.19. The molecule has 3 N–H and O–H groups in total. The van der Waals surface area contributed by atoms with E-state index in [2.05, 4.69) is 24.2 Å². The molecule has 0 aromatic heterocycles. The average molecular weight is 295 g/mol. The molecule has 0 bridgehead atoms. The van der Waals surface area contributed by atoms with E-state index in [1.807, 2.05) is 0 Å². The Balaban J connectivity index is 2.29. The van der Waals surface area contributed by atoms with Crippen molar-refractivity contribution in [2.75, 3.05) is 20.2 Å². The number of hydrogen-bond donors (Lipinski definition) is 2. The minimum absolute atomic E-state index is 0.259. The molecule has 4 nitrogen and oxygen atoms in total. The van der Waals surface area contributed by atoms with Crippen LogP contribution in [0.25, 0.3) is 0 Å². The van der Waals surface area contributed by atoms with E-state index in [9.17, 15) is 4.39 Å². The minimum atomic E-state index is -0.289. The number of rotatable bonds is 5. The van der Waals surface area contributed by atoms with Crippen LogP contribution in [0.1, 0.15) is 44.7 Å². The molecule has 0 saturated carbocycles. The van der Waals surface area contributed by atoms with Gasteiger partial charge in [-0.2, -0.15) is 0 Å². The van der Waals surface area contributed by atoms with E-state index < -0.39 is 0 Å². The summed E-state index contributed by atoms with van der Waals surface area (Å²) < 4.78 is 19.4. The standard InChI is InChI=1S/C16H26FN3O/c1-16(2,20-9-5-4-6-10-20)15(19-18)13-8-7-12(21-3)11-14(13)17/h7-8,11,15,19H,4-6,9-10,18H2,1-3H3. The van der Waals surface area contributed by atoms with Gasteiger partial charge in [0.05, 0.1) is 13.2 Å². The molecule has 1 unspecified atom stereocenters. The number of benzene rings is 1. The van der Waals surface area contributed by atoms with Crippen molar-refractivity contribution in [1.82, 2.24) is 10.3 Å². The summed E-state index contributed by atoms with van der Waals surface area (Å²) in [6.07, 6.45) is 3.64. The van der Waals surface area contributed by atoms with Crippen molar-refractivity contribution in [3.63, 3.8) is 0 Å². The van der Waals surface area contributed by atoms with Crippen LogP contribution >= 0.6 is 0 Å². The van der Waals surface area contributed by atoms with E-state index in [0.717, 1.165) is 13.1 Å². The van der Waals surface area contributed by atoms with Gasteiger partial charge in [-0.15, -0.1) is 0 Å². The average Bonchev–Trinajstić information content (AvgIpc) is 2.50. The second-order valence-electron chi connectivity index (χ2n) is 6.19. The van der Waals surface area contributed by atoms with Crippen LogP contribution in [0.15, 0.2) is 18.2 Å². The van der Waals surface area contributed by atoms with Crippen LogP contribution in [-0.4, -0.2) is 30.6 Å². The first-order valence-electron chi connectivity index (χ1n) is 7.55. The number of methoxy groups -OCH3 is 1. The summed E-state index contributed by atoms with van der Waals surface area (Å²) in [5.74, 6) is 5.99. The van der Waals surface area contributed by atoms with Crippen LogP contribution in [0.3, 0.4) is 0 Å². The van der Waals surface area contributed by atoms with Crippen molar-refractivity contribution in [3.8, 4) is 5.75 Å². The molecule has 5 heteroatoms. The van der Waals surface area contributed by atoms with Crippen LogP contribution in [0, 0.1) is 5.82 Å². The first kappa shape index (κ1) is 16.2. The first-order valence-corrected chi connectivity index (χ1v) is 7.55. The number of halogens is 1. The zero-order chi connectivity index (χ0) is 15.5. The van der Waals surface area contributed by atoms with E-state index in [4.69, 9.17) is 10.6 Å². The monoisotopic (exact) mass is 295 g/mol. The predicted octanol–water partition coefficient (Wildman–Crippen LogP) is 2.60. The van der Waals surface area contributed by atoms with Gasteiger partial charge in [-0.3, -0.25) is 16.2 Å². The number of ether oxygens (including phenoxy) is 1. The highest BCUT2D eigenvalue weighted by atomic mass is 19.1. The summed E-state index contributed by atoms with van der Waals surface area (Å²) in [6, 6.07) is 4.66. The van der Waals surface area contributed by atoms with Crippen LogP contribution in [0.2, 0.25) is 0 Å². The van der Waals surface area contributed by atoms with Gasteiger partial charge in [-0.25, -0.2) is 4.39 Å². The van der Waals surface area contributed by atoms with Gasteiger partial charge in [-0.1, -0.05) is 12.5 Å². The third-order valence-corrected chi connectivity index (χ3v) is 4.56. The molecule has 118 valence electrons. The minimum Gasteiger partial charge on any atom is -0.497 e. The fraction of sp³-hybridized carbons (Fsp3) is 0.625. The summed E-state index contributed by atoms with van der Waals surface area (Å²) in [5.41, 5.74) is 3.13. The van der Waals surface area contributed by atoms with Gasteiger partial charge < -0.3 is 4.74 Å². The maximum atomic E-state index is 14.4. The Hall–Kier alpha value is -1.17. The van der Waals surface area contributed by atoms with Crippen LogP contribution < -0.4 is 16.0 Å². The molecule has 1 saturated heterocycles. The van der Waals surface area contributed by atoms with E-state index >= 15 is 0 Å². The smallest absolute Gasteiger partial charge is 0.131 e. The van der Waals surface area contributed by atoms with Crippen molar-refractivity contribution in [1.29, 1.82) is 0 Å². The first-order chi connectivity index (χ1) is 10.0. The lowest BCUT2D eigenvalue weighted by atomic mass is 9.85. The molecule has 1 aliphatic rings.